The summed E-state index contributed by atoms with van der Waals surface area (Å²) in [6.07, 6.45) is 1.31. The van der Waals surface area contributed by atoms with E-state index in [0.717, 1.165) is 49.8 Å². The number of hydrogen-bond acceptors (Lipinski definition) is 5. The van der Waals surface area contributed by atoms with Crippen molar-refractivity contribution in [3.63, 3.8) is 0 Å². The molecule has 3 aromatic rings. The van der Waals surface area contributed by atoms with E-state index in [4.69, 9.17) is 16.4 Å². The molecular formula is C26H28ClN3O2. The molecule has 2 aliphatic rings. The van der Waals surface area contributed by atoms with Crippen LogP contribution in [0.2, 0.25) is 5.02 Å². The number of aryl methyl sites for hydroxylation is 1. The van der Waals surface area contributed by atoms with Gasteiger partial charge in [-0.2, -0.15) is 0 Å². The predicted molar refractivity (Wildman–Crippen MR) is 131 cm³/mol. The van der Waals surface area contributed by atoms with Crippen LogP contribution in [0.5, 0.6) is 0 Å². The summed E-state index contributed by atoms with van der Waals surface area (Å²) in [6.45, 7) is 4.50. The first-order valence-corrected chi connectivity index (χ1v) is 11.7. The van der Waals surface area contributed by atoms with Crippen LogP contribution >= 0.6 is 11.6 Å². The van der Waals surface area contributed by atoms with Crippen molar-refractivity contribution in [2.24, 2.45) is 5.16 Å². The molecule has 1 atom stereocenters. The van der Waals surface area contributed by atoms with Gasteiger partial charge in [-0.05, 0) is 53.4 Å². The number of β-amino-alcohol motifs (C(OH)–C–C–N with tert-alkyl or cyclic N) is 1. The highest BCUT2D eigenvalue weighted by molar-refractivity contribution is 6.30. The third-order valence-corrected chi connectivity index (χ3v) is 6.69. The van der Waals surface area contributed by atoms with Crippen LogP contribution in [0, 0.1) is 0 Å². The maximum atomic E-state index is 10.5. The molecular weight excluding hydrogens is 422 g/mol. The van der Waals surface area contributed by atoms with Gasteiger partial charge in [-0.1, -0.05) is 53.2 Å². The number of piperazine rings is 1. The molecule has 6 heteroatoms. The fourth-order valence-corrected chi connectivity index (χ4v) is 4.87. The first-order chi connectivity index (χ1) is 15.7. The lowest BCUT2D eigenvalue weighted by molar-refractivity contribution is 0.0180. The van der Waals surface area contributed by atoms with Crippen LogP contribution in [0.1, 0.15) is 17.5 Å². The van der Waals surface area contributed by atoms with Gasteiger partial charge < -0.3 is 14.8 Å². The zero-order valence-electron chi connectivity index (χ0n) is 18.1. The molecule has 0 spiro atoms. The molecule has 3 aromatic carbocycles. The highest BCUT2D eigenvalue weighted by Crippen LogP contribution is 2.30. The smallest absolute Gasteiger partial charge is 0.144 e. The van der Waals surface area contributed by atoms with Crippen LogP contribution in [0.4, 0.5) is 5.69 Å². The van der Waals surface area contributed by atoms with Gasteiger partial charge in [0.2, 0.25) is 0 Å². The van der Waals surface area contributed by atoms with Crippen molar-refractivity contribution >= 4 is 33.8 Å². The standard InChI is InChI=1S/C26H28ClN3O2/c27-20-6-8-21(9-7-20)30-15-13-29(14-16-30)17-22(31)18-32-28-26-12-11-24-23-4-2-1-3-19(23)5-10-25(24)26/h1-10,22,31H,11-18H2. The summed E-state index contributed by atoms with van der Waals surface area (Å²) >= 11 is 5.99. The fourth-order valence-electron chi connectivity index (χ4n) is 4.74. The summed E-state index contributed by atoms with van der Waals surface area (Å²) in [5.41, 5.74) is 4.70. The Bertz CT molecular complexity index is 1110. The molecule has 1 heterocycles. The van der Waals surface area contributed by atoms with Crippen LogP contribution in [0.15, 0.2) is 65.8 Å². The molecule has 1 aliphatic heterocycles. The van der Waals surface area contributed by atoms with E-state index in [0.29, 0.717) is 6.54 Å². The van der Waals surface area contributed by atoms with Crippen LogP contribution < -0.4 is 4.90 Å². The Balaban J connectivity index is 1.11. The number of aliphatic hydroxyl groups excluding tert-OH is 1. The Morgan fingerprint density at radius 2 is 1.72 bits per heavy atom. The van der Waals surface area contributed by atoms with E-state index in [2.05, 4.69) is 63.5 Å². The Hall–Kier alpha value is -2.60. The van der Waals surface area contributed by atoms with Crippen LogP contribution in [-0.4, -0.2) is 61.2 Å². The average molecular weight is 450 g/mol. The maximum Gasteiger partial charge on any atom is 0.144 e. The monoisotopic (exact) mass is 449 g/mol. The number of rotatable bonds is 6. The van der Waals surface area contributed by atoms with E-state index in [9.17, 15) is 5.11 Å². The van der Waals surface area contributed by atoms with Crippen LogP contribution in [-0.2, 0) is 11.3 Å². The highest BCUT2D eigenvalue weighted by atomic mass is 35.5. The van der Waals surface area contributed by atoms with Crippen molar-refractivity contribution in [3.05, 3.63) is 76.8 Å². The molecule has 0 bridgehead atoms. The number of fused-ring (bicyclic) bond motifs is 3. The van der Waals surface area contributed by atoms with Crippen molar-refractivity contribution in [1.82, 2.24) is 4.90 Å². The lowest BCUT2D eigenvalue weighted by Gasteiger charge is -2.36. The van der Waals surface area contributed by atoms with Crippen molar-refractivity contribution in [2.75, 3.05) is 44.2 Å². The topological polar surface area (TPSA) is 48.3 Å². The summed E-state index contributed by atoms with van der Waals surface area (Å²) < 4.78 is 0. The summed E-state index contributed by atoms with van der Waals surface area (Å²) in [5.74, 6) is 0. The Morgan fingerprint density at radius 1 is 0.938 bits per heavy atom. The number of aliphatic hydroxyl groups is 1. The SMILES string of the molecule is OC(CON=C1CCc2c1ccc1ccccc21)CN1CCN(c2ccc(Cl)cc2)CC1. The first-order valence-electron chi connectivity index (χ1n) is 11.3. The molecule has 1 aliphatic carbocycles. The predicted octanol–water partition coefficient (Wildman–Crippen LogP) is 4.34. The Morgan fingerprint density at radius 3 is 2.53 bits per heavy atom. The number of hydrogen-bond donors (Lipinski definition) is 1. The molecule has 32 heavy (non-hydrogen) atoms. The van der Waals surface area contributed by atoms with Crippen molar-refractivity contribution < 1.29 is 9.94 Å². The van der Waals surface area contributed by atoms with Gasteiger partial charge in [0.25, 0.3) is 0 Å². The van der Waals surface area contributed by atoms with Crippen molar-refractivity contribution in [1.29, 1.82) is 0 Å². The maximum absolute atomic E-state index is 10.5. The van der Waals surface area contributed by atoms with E-state index in [1.54, 1.807) is 0 Å². The minimum absolute atomic E-state index is 0.212. The Labute approximate surface area is 193 Å². The number of benzene rings is 3. The molecule has 1 N–H and O–H groups in total. The zero-order chi connectivity index (χ0) is 21.9. The van der Waals surface area contributed by atoms with Gasteiger partial charge in [0.1, 0.15) is 12.7 Å². The molecule has 5 rings (SSSR count). The quantitative estimate of drug-likeness (QED) is 0.568. The second kappa shape index (κ2) is 9.49. The van der Waals surface area contributed by atoms with Gasteiger partial charge in [-0.15, -0.1) is 0 Å². The zero-order valence-corrected chi connectivity index (χ0v) is 18.8. The van der Waals surface area contributed by atoms with E-state index in [1.807, 2.05) is 12.1 Å². The van der Waals surface area contributed by atoms with Crippen LogP contribution in [0.3, 0.4) is 0 Å². The minimum Gasteiger partial charge on any atom is -0.393 e. The van der Waals surface area contributed by atoms with Gasteiger partial charge in [0.05, 0.1) is 5.71 Å². The van der Waals surface area contributed by atoms with Crippen molar-refractivity contribution in [3.8, 4) is 0 Å². The Kier molecular flexibility index (Phi) is 6.30. The normalized spacial score (nSPS) is 18.8. The largest absolute Gasteiger partial charge is 0.393 e. The van der Waals surface area contributed by atoms with Gasteiger partial charge in [0.15, 0.2) is 0 Å². The van der Waals surface area contributed by atoms with Gasteiger partial charge >= 0.3 is 0 Å². The van der Waals surface area contributed by atoms with E-state index in [-0.39, 0.29) is 6.61 Å². The average Bonchev–Trinajstić information content (AvgIpc) is 3.24. The molecule has 0 radical (unpaired) electrons. The molecule has 1 saturated heterocycles. The first kappa shape index (κ1) is 21.3. The van der Waals surface area contributed by atoms with Gasteiger partial charge in [-0.3, -0.25) is 4.90 Å². The van der Waals surface area contributed by atoms with Crippen molar-refractivity contribution in [2.45, 2.75) is 18.9 Å². The van der Waals surface area contributed by atoms with E-state index >= 15 is 0 Å². The third kappa shape index (κ3) is 4.60. The molecule has 0 saturated carbocycles. The number of nitrogens with zero attached hydrogens (tertiary/aromatic N) is 3. The number of anilines is 1. The van der Waals surface area contributed by atoms with Crippen LogP contribution in [0.25, 0.3) is 10.8 Å². The van der Waals surface area contributed by atoms with Gasteiger partial charge in [-0.25, -0.2) is 0 Å². The van der Waals surface area contributed by atoms with E-state index in [1.165, 1.54) is 27.6 Å². The molecule has 1 fully saturated rings. The second-order valence-electron chi connectivity index (χ2n) is 8.56. The highest BCUT2D eigenvalue weighted by Gasteiger charge is 2.22. The summed E-state index contributed by atoms with van der Waals surface area (Å²) in [6, 6.07) is 20.7. The van der Waals surface area contributed by atoms with Gasteiger partial charge in [0, 0.05) is 49.0 Å². The number of oxime groups is 1. The summed E-state index contributed by atoms with van der Waals surface area (Å²) in [5, 5.41) is 18.2. The summed E-state index contributed by atoms with van der Waals surface area (Å²) in [7, 11) is 0. The molecule has 0 amide bonds. The lowest BCUT2D eigenvalue weighted by Crippen LogP contribution is -2.49. The van der Waals surface area contributed by atoms with E-state index < -0.39 is 6.10 Å². The minimum atomic E-state index is -0.557. The lowest BCUT2D eigenvalue weighted by atomic mass is 10.0. The fraction of sp³-hybridized carbons (Fsp3) is 0.346. The molecule has 5 nitrogen and oxygen atoms in total. The second-order valence-corrected chi connectivity index (χ2v) is 9.00. The molecule has 0 aromatic heterocycles. The third-order valence-electron chi connectivity index (χ3n) is 6.44. The molecule has 166 valence electrons. The summed E-state index contributed by atoms with van der Waals surface area (Å²) in [4.78, 5) is 10.2. The number of halogens is 1. The molecule has 1 unspecified atom stereocenters.